The molecule has 1 saturated heterocycles. The van der Waals surface area contributed by atoms with Crippen molar-refractivity contribution in [3.8, 4) is 11.6 Å². The van der Waals surface area contributed by atoms with E-state index in [1.807, 2.05) is 23.6 Å². The van der Waals surface area contributed by atoms with Crippen molar-refractivity contribution in [1.29, 1.82) is 0 Å². The maximum atomic E-state index is 12.3. The highest BCUT2D eigenvalue weighted by molar-refractivity contribution is 7.99. The Kier molecular flexibility index (Phi) is 6.56. The van der Waals surface area contributed by atoms with Gasteiger partial charge < -0.3 is 14.5 Å². The first-order valence-corrected chi connectivity index (χ1v) is 10.2. The van der Waals surface area contributed by atoms with Gasteiger partial charge in [0, 0.05) is 31.7 Å². The number of nitrogens with zero attached hydrogens (tertiary/aromatic N) is 4. The molecule has 1 aliphatic heterocycles. The van der Waals surface area contributed by atoms with E-state index in [2.05, 4.69) is 34.3 Å². The molecule has 0 radical (unpaired) electrons. The van der Waals surface area contributed by atoms with Gasteiger partial charge in [0.15, 0.2) is 16.7 Å². The third kappa shape index (κ3) is 4.91. The maximum absolute atomic E-state index is 12.3. The van der Waals surface area contributed by atoms with Crippen molar-refractivity contribution < 1.29 is 13.9 Å². The normalized spacial score (nSPS) is 15.8. The maximum Gasteiger partial charge on any atom is 0.230 e. The van der Waals surface area contributed by atoms with Crippen LogP contribution in [0.1, 0.15) is 20.8 Å². The summed E-state index contributed by atoms with van der Waals surface area (Å²) in [7, 11) is 0. The molecular weight excluding hydrogens is 366 g/mol. The number of furan rings is 1. The number of morpholine rings is 1. The Bertz CT molecular complexity index is 738. The minimum atomic E-state index is -0.0972. The van der Waals surface area contributed by atoms with Crippen LogP contribution in [0.25, 0.3) is 11.6 Å². The number of thioether (sulfide) groups is 1. The number of carbonyl (C=O) groups is 1. The minimum absolute atomic E-state index is 0.00784. The standard InChI is InChI=1S/C18H27N5O3S/c1-4-23-16(14-6-5-9-26-14)20-21-17(23)27-12-15(24)19-13-18(2,3)22-7-10-25-11-8-22/h5-6,9H,4,7-8,10-13H2,1-3H3,(H,19,24). The van der Waals surface area contributed by atoms with Crippen LogP contribution in [0.4, 0.5) is 0 Å². The van der Waals surface area contributed by atoms with Crippen LogP contribution in [-0.4, -0.2) is 69.7 Å². The molecular formula is C18H27N5O3S. The molecule has 27 heavy (non-hydrogen) atoms. The van der Waals surface area contributed by atoms with Gasteiger partial charge in [-0.05, 0) is 32.9 Å². The van der Waals surface area contributed by atoms with Gasteiger partial charge in [-0.15, -0.1) is 10.2 Å². The van der Waals surface area contributed by atoms with Crippen LogP contribution in [0.15, 0.2) is 28.0 Å². The van der Waals surface area contributed by atoms with Crippen molar-refractivity contribution >= 4 is 17.7 Å². The molecule has 2 aromatic heterocycles. The highest BCUT2D eigenvalue weighted by atomic mass is 32.2. The molecule has 0 aliphatic carbocycles. The zero-order valence-electron chi connectivity index (χ0n) is 16.1. The average molecular weight is 394 g/mol. The molecule has 3 heterocycles. The zero-order chi connectivity index (χ0) is 19.3. The van der Waals surface area contributed by atoms with Gasteiger partial charge in [0.25, 0.3) is 0 Å². The van der Waals surface area contributed by atoms with Gasteiger partial charge in [-0.1, -0.05) is 11.8 Å². The summed E-state index contributed by atoms with van der Waals surface area (Å²) in [4.78, 5) is 14.7. The lowest BCUT2D eigenvalue weighted by molar-refractivity contribution is -0.119. The molecule has 0 aromatic carbocycles. The largest absolute Gasteiger partial charge is 0.461 e. The molecule has 0 bridgehead atoms. The van der Waals surface area contributed by atoms with Crippen LogP contribution in [-0.2, 0) is 16.1 Å². The lowest BCUT2D eigenvalue weighted by Gasteiger charge is -2.40. The topological polar surface area (TPSA) is 85.4 Å². The molecule has 2 aromatic rings. The predicted octanol–water partition coefficient (Wildman–Crippen LogP) is 1.88. The fourth-order valence-electron chi connectivity index (χ4n) is 3.05. The van der Waals surface area contributed by atoms with E-state index >= 15 is 0 Å². The molecule has 3 rings (SSSR count). The van der Waals surface area contributed by atoms with Crippen LogP contribution in [0.5, 0.6) is 0 Å². The van der Waals surface area contributed by atoms with E-state index in [9.17, 15) is 4.79 Å². The van der Waals surface area contributed by atoms with Crippen molar-refractivity contribution in [3.63, 3.8) is 0 Å². The highest BCUT2D eigenvalue weighted by Crippen LogP contribution is 2.24. The lowest BCUT2D eigenvalue weighted by atomic mass is 10.0. The Morgan fingerprint density at radius 2 is 2.11 bits per heavy atom. The molecule has 8 nitrogen and oxygen atoms in total. The van der Waals surface area contributed by atoms with Crippen molar-refractivity contribution in [2.75, 3.05) is 38.6 Å². The lowest BCUT2D eigenvalue weighted by Crippen LogP contribution is -2.55. The molecule has 148 valence electrons. The number of amides is 1. The predicted molar refractivity (Wildman–Crippen MR) is 104 cm³/mol. The molecule has 9 heteroatoms. The van der Waals surface area contributed by atoms with E-state index in [0.29, 0.717) is 35.6 Å². The second-order valence-corrected chi connectivity index (χ2v) is 7.95. The van der Waals surface area contributed by atoms with Crippen molar-refractivity contribution in [3.05, 3.63) is 18.4 Å². The fraction of sp³-hybridized carbons (Fsp3) is 0.611. The summed E-state index contributed by atoms with van der Waals surface area (Å²) in [5.74, 6) is 1.65. The van der Waals surface area contributed by atoms with E-state index in [1.54, 1.807) is 6.26 Å². The molecule has 0 unspecified atom stereocenters. The SMILES string of the molecule is CCn1c(SCC(=O)NCC(C)(C)N2CCOCC2)nnc1-c1ccco1. The Morgan fingerprint density at radius 1 is 1.33 bits per heavy atom. The van der Waals surface area contributed by atoms with E-state index in [4.69, 9.17) is 9.15 Å². The van der Waals surface area contributed by atoms with Crippen molar-refractivity contribution in [2.45, 2.75) is 38.0 Å². The quantitative estimate of drug-likeness (QED) is 0.685. The highest BCUT2D eigenvalue weighted by Gasteiger charge is 2.28. The van der Waals surface area contributed by atoms with Gasteiger partial charge in [0.05, 0.1) is 25.2 Å². The summed E-state index contributed by atoms with van der Waals surface area (Å²) in [5.41, 5.74) is -0.0972. The van der Waals surface area contributed by atoms with E-state index < -0.39 is 0 Å². The summed E-state index contributed by atoms with van der Waals surface area (Å²) in [5, 5.41) is 12.2. The molecule has 1 fully saturated rings. The second-order valence-electron chi connectivity index (χ2n) is 7.01. The Balaban J connectivity index is 1.52. The number of aromatic nitrogens is 3. The van der Waals surface area contributed by atoms with Crippen LogP contribution < -0.4 is 5.32 Å². The fourth-order valence-corrected chi connectivity index (χ4v) is 3.88. The van der Waals surface area contributed by atoms with Gasteiger partial charge in [-0.3, -0.25) is 14.3 Å². The number of hydrogen-bond donors (Lipinski definition) is 1. The first-order chi connectivity index (χ1) is 13.0. The Morgan fingerprint density at radius 3 is 2.78 bits per heavy atom. The second kappa shape index (κ2) is 8.90. The first-order valence-electron chi connectivity index (χ1n) is 9.20. The Labute approximate surface area is 163 Å². The molecule has 1 amide bonds. The summed E-state index contributed by atoms with van der Waals surface area (Å²) >= 11 is 1.39. The smallest absolute Gasteiger partial charge is 0.230 e. The van der Waals surface area contributed by atoms with Gasteiger partial charge in [-0.2, -0.15) is 0 Å². The van der Waals surface area contributed by atoms with E-state index in [0.717, 1.165) is 26.3 Å². The van der Waals surface area contributed by atoms with Crippen LogP contribution in [0, 0.1) is 0 Å². The third-order valence-corrected chi connectivity index (χ3v) is 5.66. The number of ether oxygens (including phenoxy) is 1. The van der Waals surface area contributed by atoms with Crippen molar-refractivity contribution in [1.82, 2.24) is 25.0 Å². The van der Waals surface area contributed by atoms with Gasteiger partial charge in [0.1, 0.15) is 0 Å². The number of nitrogens with one attached hydrogen (secondary N) is 1. The molecule has 0 atom stereocenters. The molecule has 1 N–H and O–H groups in total. The van der Waals surface area contributed by atoms with Gasteiger partial charge >= 0.3 is 0 Å². The first kappa shape index (κ1) is 19.9. The number of rotatable bonds is 8. The van der Waals surface area contributed by atoms with Gasteiger partial charge in [-0.25, -0.2) is 0 Å². The van der Waals surface area contributed by atoms with Crippen LogP contribution in [0.3, 0.4) is 0 Å². The Hall–Kier alpha value is -1.84. The summed E-state index contributed by atoms with van der Waals surface area (Å²) < 4.78 is 12.8. The van der Waals surface area contributed by atoms with Crippen LogP contribution >= 0.6 is 11.8 Å². The van der Waals surface area contributed by atoms with E-state index in [1.165, 1.54) is 11.8 Å². The summed E-state index contributed by atoms with van der Waals surface area (Å²) in [6, 6.07) is 3.67. The minimum Gasteiger partial charge on any atom is -0.461 e. The van der Waals surface area contributed by atoms with Gasteiger partial charge in [0.2, 0.25) is 5.91 Å². The molecule has 0 saturated carbocycles. The van der Waals surface area contributed by atoms with Crippen LogP contribution in [0.2, 0.25) is 0 Å². The number of carbonyl (C=O) groups excluding carboxylic acids is 1. The number of hydrogen-bond acceptors (Lipinski definition) is 7. The molecule has 1 aliphatic rings. The van der Waals surface area contributed by atoms with Crippen molar-refractivity contribution in [2.24, 2.45) is 0 Å². The summed E-state index contributed by atoms with van der Waals surface area (Å²) in [6.07, 6.45) is 1.61. The zero-order valence-corrected chi connectivity index (χ0v) is 16.9. The van der Waals surface area contributed by atoms with E-state index in [-0.39, 0.29) is 11.4 Å². The summed E-state index contributed by atoms with van der Waals surface area (Å²) in [6.45, 7) is 10.9. The monoisotopic (exact) mass is 393 g/mol. The third-order valence-electron chi connectivity index (χ3n) is 4.69. The average Bonchev–Trinajstić information content (AvgIpc) is 3.34. The molecule has 0 spiro atoms.